The van der Waals surface area contributed by atoms with Crippen LogP contribution < -0.4 is 15.5 Å². The van der Waals surface area contributed by atoms with Gasteiger partial charge in [-0.3, -0.25) is 14.5 Å². The van der Waals surface area contributed by atoms with Crippen LogP contribution in [0.3, 0.4) is 0 Å². The molecule has 38 heavy (non-hydrogen) atoms. The highest BCUT2D eigenvalue weighted by molar-refractivity contribution is 5.95. The Balaban J connectivity index is 0.00000400. The van der Waals surface area contributed by atoms with Crippen LogP contribution in [0, 0.1) is 11.8 Å². The average Bonchev–Trinajstić information content (AvgIpc) is 2.96. The van der Waals surface area contributed by atoms with Crippen LogP contribution in [0.5, 0.6) is 0 Å². The van der Waals surface area contributed by atoms with Crippen LogP contribution in [-0.2, 0) is 20.9 Å². The lowest BCUT2D eigenvalue weighted by molar-refractivity contribution is -0.146. The van der Waals surface area contributed by atoms with Crippen molar-refractivity contribution in [1.82, 2.24) is 10.6 Å². The molecule has 4 rings (SSSR count). The van der Waals surface area contributed by atoms with E-state index < -0.39 is 0 Å². The number of methoxy groups -OCH3 is 1. The molecule has 1 saturated carbocycles. The summed E-state index contributed by atoms with van der Waals surface area (Å²) < 4.78 is 10.5. The van der Waals surface area contributed by atoms with Gasteiger partial charge in [-0.05, 0) is 87.4 Å². The van der Waals surface area contributed by atoms with E-state index in [0.29, 0.717) is 36.6 Å². The van der Waals surface area contributed by atoms with Crippen molar-refractivity contribution in [1.29, 1.82) is 0 Å². The van der Waals surface area contributed by atoms with E-state index in [2.05, 4.69) is 10.6 Å². The van der Waals surface area contributed by atoms with Gasteiger partial charge in [0.2, 0.25) is 0 Å². The second-order valence-electron chi connectivity index (χ2n) is 9.94. The largest absolute Gasteiger partial charge is 0.469 e. The van der Waals surface area contributed by atoms with Crippen molar-refractivity contribution in [2.45, 2.75) is 51.2 Å². The molecule has 8 nitrogen and oxygen atoms in total. The molecule has 0 unspecified atom stereocenters. The number of halogens is 1. The van der Waals surface area contributed by atoms with Crippen LogP contribution in [0.4, 0.5) is 10.5 Å². The van der Waals surface area contributed by atoms with Gasteiger partial charge in [-0.1, -0.05) is 30.3 Å². The second-order valence-corrected chi connectivity index (χ2v) is 9.94. The quantitative estimate of drug-likeness (QED) is 0.468. The highest BCUT2D eigenvalue weighted by Crippen LogP contribution is 2.26. The third-order valence-corrected chi connectivity index (χ3v) is 7.36. The summed E-state index contributed by atoms with van der Waals surface area (Å²) in [6.07, 6.45) is 4.55. The number of nitrogens with zero attached hydrogens (tertiary/aromatic N) is 1. The monoisotopic (exact) mass is 543 g/mol. The SMILES string of the molecule is COC(=O)C1CCC(NC(=O)c2ccc(N(CC3CCNCC3)C(=O)OCc3ccccc3)cc2)CC1.Cl. The van der Waals surface area contributed by atoms with Gasteiger partial charge < -0.3 is 20.1 Å². The zero-order chi connectivity index (χ0) is 26.0. The third kappa shape index (κ3) is 8.20. The minimum Gasteiger partial charge on any atom is -0.469 e. The normalized spacial score (nSPS) is 19.5. The number of nitrogens with one attached hydrogen (secondary N) is 2. The summed E-state index contributed by atoms with van der Waals surface area (Å²) in [5.41, 5.74) is 2.19. The molecule has 206 valence electrons. The fraction of sp³-hybridized carbons (Fsp3) is 0.483. The number of amides is 2. The summed E-state index contributed by atoms with van der Waals surface area (Å²) in [4.78, 5) is 39.4. The first-order chi connectivity index (χ1) is 18.0. The van der Waals surface area contributed by atoms with Gasteiger partial charge in [0.1, 0.15) is 6.61 Å². The summed E-state index contributed by atoms with van der Waals surface area (Å²) in [5.74, 6) is -0.0139. The van der Waals surface area contributed by atoms with Crippen LogP contribution in [0.2, 0.25) is 0 Å². The number of benzene rings is 2. The van der Waals surface area contributed by atoms with Crippen molar-refractivity contribution >= 4 is 36.1 Å². The molecule has 2 amide bonds. The minimum atomic E-state index is -0.387. The molecule has 2 fully saturated rings. The number of ether oxygens (including phenoxy) is 2. The Morgan fingerprint density at radius 3 is 2.21 bits per heavy atom. The van der Waals surface area contributed by atoms with Crippen molar-refractivity contribution in [2.24, 2.45) is 11.8 Å². The van der Waals surface area contributed by atoms with E-state index in [-0.39, 0.29) is 48.9 Å². The standard InChI is InChI=1S/C29H37N3O5.ClH/c1-36-28(34)24-7-11-25(12-8-24)31-27(33)23-9-13-26(14-10-23)32(19-21-15-17-30-18-16-21)29(35)37-20-22-5-3-2-4-6-22;/h2-6,9-10,13-14,21,24-25,30H,7-8,11-12,15-20H2,1H3,(H,31,33);1H. The van der Waals surface area contributed by atoms with E-state index in [9.17, 15) is 14.4 Å². The van der Waals surface area contributed by atoms with E-state index in [4.69, 9.17) is 9.47 Å². The summed E-state index contributed by atoms with van der Waals surface area (Å²) in [6, 6.07) is 16.8. The van der Waals surface area contributed by atoms with Gasteiger partial charge in [-0.2, -0.15) is 0 Å². The van der Waals surface area contributed by atoms with Gasteiger partial charge in [0, 0.05) is 23.8 Å². The Labute approximate surface area is 230 Å². The molecule has 0 atom stereocenters. The van der Waals surface area contributed by atoms with E-state index in [1.807, 2.05) is 42.5 Å². The molecule has 1 aliphatic heterocycles. The van der Waals surface area contributed by atoms with E-state index in [1.165, 1.54) is 7.11 Å². The maximum atomic E-state index is 13.1. The number of hydrogen-bond donors (Lipinski definition) is 2. The van der Waals surface area contributed by atoms with Crippen LogP contribution in [0.25, 0.3) is 0 Å². The van der Waals surface area contributed by atoms with Crippen molar-refractivity contribution in [3.8, 4) is 0 Å². The van der Waals surface area contributed by atoms with Gasteiger partial charge in [-0.25, -0.2) is 4.79 Å². The molecular formula is C29H38ClN3O5. The number of carbonyl (C=O) groups is 3. The Hall–Kier alpha value is -3.10. The topological polar surface area (TPSA) is 97.0 Å². The van der Waals surface area contributed by atoms with Crippen LogP contribution in [0.15, 0.2) is 54.6 Å². The fourth-order valence-electron chi connectivity index (χ4n) is 5.11. The molecule has 9 heteroatoms. The lowest BCUT2D eigenvalue weighted by atomic mass is 9.86. The van der Waals surface area contributed by atoms with Crippen molar-refractivity contribution in [3.63, 3.8) is 0 Å². The Morgan fingerprint density at radius 1 is 0.921 bits per heavy atom. The highest BCUT2D eigenvalue weighted by Gasteiger charge is 2.28. The highest BCUT2D eigenvalue weighted by atomic mass is 35.5. The first kappa shape index (κ1) is 29.5. The lowest BCUT2D eigenvalue weighted by Gasteiger charge is -2.30. The van der Waals surface area contributed by atoms with Gasteiger partial charge in [0.05, 0.1) is 13.0 Å². The summed E-state index contributed by atoms with van der Waals surface area (Å²) >= 11 is 0. The first-order valence-electron chi connectivity index (χ1n) is 13.2. The fourth-order valence-corrected chi connectivity index (χ4v) is 5.11. The van der Waals surface area contributed by atoms with Crippen LogP contribution in [0.1, 0.15) is 54.4 Å². The number of anilines is 1. The number of carbonyl (C=O) groups excluding carboxylic acids is 3. The zero-order valence-corrected chi connectivity index (χ0v) is 22.7. The second kappa shape index (κ2) is 14.7. The predicted molar refractivity (Wildman–Crippen MR) is 148 cm³/mol. The number of piperidine rings is 1. The van der Waals surface area contributed by atoms with Crippen LogP contribution in [-0.4, -0.2) is 50.8 Å². The van der Waals surface area contributed by atoms with Crippen molar-refractivity contribution in [2.75, 3.05) is 31.6 Å². The summed E-state index contributed by atoms with van der Waals surface area (Å²) in [7, 11) is 1.41. The zero-order valence-electron chi connectivity index (χ0n) is 21.9. The van der Waals surface area contributed by atoms with Gasteiger partial charge >= 0.3 is 12.1 Å². The van der Waals surface area contributed by atoms with Crippen molar-refractivity contribution in [3.05, 3.63) is 65.7 Å². The third-order valence-electron chi connectivity index (χ3n) is 7.36. The molecule has 2 aliphatic rings. The van der Waals surface area contributed by atoms with E-state index in [1.54, 1.807) is 17.0 Å². The maximum Gasteiger partial charge on any atom is 0.414 e. The Morgan fingerprint density at radius 2 is 1.58 bits per heavy atom. The smallest absolute Gasteiger partial charge is 0.414 e. The molecule has 1 heterocycles. The van der Waals surface area contributed by atoms with Crippen molar-refractivity contribution < 1.29 is 23.9 Å². The van der Waals surface area contributed by atoms with Gasteiger partial charge in [0.25, 0.3) is 5.91 Å². The van der Waals surface area contributed by atoms with Crippen LogP contribution >= 0.6 is 12.4 Å². The molecule has 2 N–H and O–H groups in total. The molecule has 0 radical (unpaired) electrons. The molecule has 1 saturated heterocycles. The van der Waals surface area contributed by atoms with E-state index >= 15 is 0 Å². The number of rotatable bonds is 8. The molecule has 1 aliphatic carbocycles. The maximum absolute atomic E-state index is 13.1. The van der Waals surface area contributed by atoms with Gasteiger partial charge in [-0.15, -0.1) is 12.4 Å². The van der Waals surface area contributed by atoms with Gasteiger partial charge in [0.15, 0.2) is 0 Å². The molecule has 0 spiro atoms. The van der Waals surface area contributed by atoms with E-state index in [0.717, 1.165) is 44.3 Å². The summed E-state index contributed by atoms with van der Waals surface area (Å²) in [6.45, 7) is 2.67. The number of hydrogen-bond acceptors (Lipinski definition) is 6. The molecular weight excluding hydrogens is 506 g/mol. The average molecular weight is 544 g/mol. The molecule has 2 aromatic carbocycles. The Kier molecular flexibility index (Phi) is 11.4. The summed E-state index contributed by atoms with van der Waals surface area (Å²) in [5, 5.41) is 6.45. The Bertz CT molecular complexity index is 1040. The first-order valence-corrected chi connectivity index (χ1v) is 13.2. The lowest BCUT2D eigenvalue weighted by Crippen LogP contribution is -2.40. The molecule has 2 aromatic rings. The number of esters is 1. The minimum absolute atomic E-state index is 0. The predicted octanol–water partition coefficient (Wildman–Crippen LogP) is 4.71. The molecule has 0 bridgehead atoms. The molecule has 0 aromatic heterocycles.